The van der Waals surface area contributed by atoms with Gasteiger partial charge in [-0.15, -0.1) is 0 Å². The molecule has 2 nitrogen and oxygen atoms in total. The van der Waals surface area contributed by atoms with Crippen LogP contribution in [0.5, 0.6) is 0 Å². The van der Waals surface area contributed by atoms with Gasteiger partial charge in [-0.1, -0.05) is 0 Å². The van der Waals surface area contributed by atoms with Gasteiger partial charge in [0.1, 0.15) is 0 Å². The molecule has 0 bridgehead atoms. The third-order valence-corrected chi connectivity index (χ3v) is 20.1. The third-order valence-electron chi connectivity index (χ3n) is 5.96. The predicted octanol–water partition coefficient (Wildman–Crippen LogP) is 6.56. The Kier molecular flexibility index (Phi) is 9.41. The van der Waals surface area contributed by atoms with Crippen molar-refractivity contribution in [1.29, 1.82) is 0 Å². The van der Waals surface area contributed by atoms with Crippen LogP contribution in [-0.4, -0.2) is 36.7 Å². The molecule has 4 heteroatoms. The molecule has 1 saturated heterocycles. The van der Waals surface area contributed by atoms with Crippen LogP contribution in [0.15, 0.2) is 10.1 Å². The molecule has 0 aromatic heterocycles. The van der Waals surface area contributed by atoms with Crippen LogP contribution >= 0.6 is 0 Å². The van der Waals surface area contributed by atoms with Crippen LogP contribution in [0.25, 0.3) is 0 Å². The molecule has 1 rings (SSSR count). The summed E-state index contributed by atoms with van der Waals surface area (Å²) in [4.78, 5) is 0. The Bertz CT molecular complexity index is 355. The zero-order chi connectivity index (χ0) is 18.3. The zero-order valence-electron chi connectivity index (χ0n) is 17.4. The quantitative estimate of drug-likeness (QED) is 0.337. The van der Waals surface area contributed by atoms with E-state index in [-0.39, 0.29) is 18.3 Å². The molecule has 0 saturated carbocycles. The SMILES string of the molecule is CCC[CH2][Sn](/[CH]=C/B1OC(C)(C)C(C)(C)O1)([CH2]CCC)[CH2]CCC. The summed E-state index contributed by atoms with van der Waals surface area (Å²) < 4.78 is 19.6. The number of rotatable bonds is 11. The van der Waals surface area contributed by atoms with E-state index in [1.807, 2.05) is 0 Å². The van der Waals surface area contributed by atoms with Crippen molar-refractivity contribution in [2.75, 3.05) is 0 Å². The molecule has 24 heavy (non-hydrogen) atoms. The van der Waals surface area contributed by atoms with E-state index in [2.05, 4.69) is 58.5 Å². The van der Waals surface area contributed by atoms with Crippen molar-refractivity contribution in [2.24, 2.45) is 0 Å². The molecule has 140 valence electrons. The fraction of sp³-hybridized carbons (Fsp3) is 0.900. The van der Waals surface area contributed by atoms with Gasteiger partial charge in [0.15, 0.2) is 0 Å². The number of hydrogen-bond donors (Lipinski definition) is 0. The second-order valence-corrected chi connectivity index (χ2v) is 21.7. The van der Waals surface area contributed by atoms with Crippen molar-refractivity contribution in [3.05, 3.63) is 10.1 Å². The summed E-state index contributed by atoms with van der Waals surface area (Å²) >= 11 is -2.22. The fourth-order valence-electron chi connectivity index (χ4n) is 3.46. The van der Waals surface area contributed by atoms with Crippen LogP contribution in [0.1, 0.15) is 87.0 Å². The van der Waals surface area contributed by atoms with Gasteiger partial charge in [-0.3, -0.25) is 0 Å². The molecule has 0 radical (unpaired) electrons. The predicted molar refractivity (Wildman–Crippen MR) is 110 cm³/mol. The fourth-order valence-corrected chi connectivity index (χ4v) is 17.7. The molecular weight excluding hydrogens is 402 g/mol. The van der Waals surface area contributed by atoms with E-state index in [1.54, 1.807) is 0 Å². The van der Waals surface area contributed by atoms with E-state index in [9.17, 15) is 0 Å². The Morgan fingerprint density at radius 1 is 0.750 bits per heavy atom. The Morgan fingerprint density at radius 2 is 1.12 bits per heavy atom. The maximum atomic E-state index is 6.20. The van der Waals surface area contributed by atoms with E-state index in [1.165, 1.54) is 51.8 Å². The number of hydrogen-bond acceptors (Lipinski definition) is 2. The van der Waals surface area contributed by atoms with E-state index < -0.39 is 18.4 Å². The van der Waals surface area contributed by atoms with Crippen molar-refractivity contribution in [2.45, 2.75) is 112 Å². The van der Waals surface area contributed by atoms with Crippen LogP contribution in [-0.2, 0) is 9.31 Å². The van der Waals surface area contributed by atoms with Crippen molar-refractivity contribution in [3.63, 3.8) is 0 Å². The topological polar surface area (TPSA) is 18.5 Å². The molecular formula is C20H41BO2Sn. The van der Waals surface area contributed by atoms with Crippen LogP contribution in [0, 0.1) is 0 Å². The van der Waals surface area contributed by atoms with Crippen molar-refractivity contribution in [3.8, 4) is 0 Å². The summed E-state index contributed by atoms with van der Waals surface area (Å²) in [5, 5.41) is 0. The first-order valence-corrected chi connectivity index (χ1v) is 18.0. The van der Waals surface area contributed by atoms with Crippen LogP contribution in [0.4, 0.5) is 0 Å². The van der Waals surface area contributed by atoms with Gasteiger partial charge in [0.05, 0.1) is 0 Å². The first-order chi connectivity index (χ1) is 11.2. The van der Waals surface area contributed by atoms with E-state index >= 15 is 0 Å². The second-order valence-electron chi connectivity index (χ2n) is 8.66. The van der Waals surface area contributed by atoms with Gasteiger partial charge >= 0.3 is 156 Å². The molecule has 0 unspecified atom stereocenters. The van der Waals surface area contributed by atoms with E-state index in [4.69, 9.17) is 9.31 Å². The monoisotopic (exact) mass is 444 g/mol. The normalized spacial score (nSPS) is 20.2. The van der Waals surface area contributed by atoms with Crippen molar-refractivity contribution < 1.29 is 9.31 Å². The molecule has 1 fully saturated rings. The third kappa shape index (κ3) is 6.35. The summed E-state index contributed by atoms with van der Waals surface area (Å²) in [7, 11) is -0.157. The first-order valence-electron chi connectivity index (χ1n) is 10.3. The van der Waals surface area contributed by atoms with Gasteiger partial charge in [-0.25, -0.2) is 0 Å². The summed E-state index contributed by atoms with van der Waals surface area (Å²) in [5.74, 6) is 2.30. The van der Waals surface area contributed by atoms with Gasteiger partial charge in [0.25, 0.3) is 0 Å². The Morgan fingerprint density at radius 3 is 1.46 bits per heavy atom. The molecule has 1 aliphatic heterocycles. The average Bonchev–Trinajstić information content (AvgIpc) is 2.73. The van der Waals surface area contributed by atoms with Crippen molar-refractivity contribution >= 4 is 25.5 Å². The minimum atomic E-state index is -2.22. The molecule has 0 aromatic carbocycles. The molecule has 0 spiro atoms. The molecule has 0 aliphatic carbocycles. The van der Waals surface area contributed by atoms with Crippen LogP contribution in [0.3, 0.4) is 0 Å². The van der Waals surface area contributed by atoms with Gasteiger partial charge in [-0.2, -0.15) is 0 Å². The van der Waals surface area contributed by atoms with E-state index in [0.717, 1.165) is 0 Å². The van der Waals surface area contributed by atoms with Gasteiger partial charge in [-0.05, 0) is 0 Å². The Labute approximate surface area is 156 Å². The first kappa shape index (κ1) is 22.6. The van der Waals surface area contributed by atoms with E-state index in [0.29, 0.717) is 0 Å². The molecule has 1 heterocycles. The van der Waals surface area contributed by atoms with Gasteiger partial charge in [0.2, 0.25) is 0 Å². The van der Waals surface area contributed by atoms with Crippen LogP contribution < -0.4 is 0 Å². The minimum absolute atomic E-state index is 0.157. The molecule has 0 atom stereocenters. The molecule has 0 amide bonds. The Hall–Kier alpha value is 0.524. The summed E-state index contributed by atoms with van der Waals surface area (Å²) in [6.07, 6.45) is 8.16. The summed E-state index contributed by atoms with van der Waals surface area (Å²) in [5.41, 5.74) is -0.452. The number of unbranched alkanes of at least 4 members (excludes halogenated alkanes) is 3. The van der Waals surface area contributed by atoms with Crippen molar-refractivity contribution in [1.82, 2.24) is 0 Å². The van der Waals surface area contributed by atoms with Crippen LogP contribution in [0.2, 0.25) is 13.3 Å². The maximum absolute atomic E-state index is 6.20. The molecule has 1 aliphatic rings. The standard InChI is InChI=1S/C8H14BO2.3C4H9.Sn/c1-6-9-10-7(2,3)8(4,5)11-9;3*1-3-4-2;/h1,6H,2-5H3;3*1,3-4H2,2H3;. The Balaban J connectivity index is 2.88. The second kappa shape index (κ2) is 10.0. The van der Waals surface area contributed by atoms with Gasteiger partial charge in [0, 0.05) is 0 Å². The average molecular weight is 443 g/mol. The molecule has 0 aromatic rings. The summed E-state index contributed by atoms with van der Waals surface area (Å²) in [6, 6.07) is 0. The zero-order valence-corrected chi connectivity index (χ0v) is 20.3. The molecule has 0 N–H and O–H groups in total. The van der Waals surface area contributed by atoms with Gasteiger partial charge < -0.3 is 0 Å². The summed E-state index contributed by atoms with van der Waals surface area (Å²) in [6.45, 7) is 15.5.